The zero-order chi connectivity index (χ0) is 24.3. The van der Waals surface area contributed by atoms with Crippen molar-refractivity contribution in [1.29, 1.82) is 0 Å². The summed E-state index contributed by atoms with van der Waals surface area (Å²) in [6, 6.07) is 27.0. The van der Waals surface area contributed by atoms with Gasteiger partial charge in [-0.2, -0.15) is 0 Å². The Morgan fingerprint density at radius 2 is 1.51 bits per heavy atom. The summed E-state index contributed by atoms with van der Waals surface area (Å²) in [6.45, 7) is 3.94. The molecule has 1 amide bonds. The lowest BCUT2D eigenvalue weighted by Crippen LogP contribution is -2.26. The third-order valence-corrected chi connectivity index (χ3v) is 6.54. The van der Waals surface area contributed by atoms with Gasteiger partial charge in [0.15, 0.2) is 0 Å². The van der Waals surface area contributed by atoms with Crippen LogP contribution in [-0.2, 0) is 24.2 Å². The van der Waals surface area contributed by atoms with Crippen molar-refractivity contribution in [1.82, 2.24) is 14.9 Å². The molecule has 0 aliphatic rings. The Morgan fingerprint density at radius 1 is 0.800 bits per heavy atom. The molecule has 0 radical (unpaired) electrons. The highest BCUT2D eigenvalue weighted by Crippen LogP contribution is 2.20. The van der Waals surface area contributed by atoms with Crippen LogP contribution in [0.5, 0.6) is 0 Å². The molecule has 182 valence electrons. The maximum absolute atomic E-state index is 12.5. The predicted octanol–water partition coefficient (Wildman–Crippen LogP) is 6.97. The maximum atomic E-state index is 12.5. The lowest BCUT2D eigenvalue weighted by Gasteiger charge is -2.10. The normalized spacial score (nSPS) is 11.1. The van der Waals surface area contributed by atoms with Crippen LogP contribution in [0.3, 0.4) is 0 Å². The topological polar surface area (TPSA) is 46.9 Å². The van der Waals surface area contributed by atoms with Crippen molar-refractivity contribution in [2.75, 3.05) is 6.54 Å². The number of imidazole rings is 1. The first kappa shape index (κ1) is 24.7. The summed E-state index contributed by atoms with van der Waals surface area (Å²) in [5.41, 5.74) is 5.69. The maximum Gasteiger partial charge on any atom is 0.224 e. The van der Waals surface area contributed by atoms with Crippen molar-refractivity contribution in [2.24, 2.45) is 0 Å². The number of fused-ring (bicyclic) bond motifs is 1. The first-order valence-electron chi connectivity index (χ1n) is 13.1. The van der Waals surface area contributed by atoms with Crippen LogP contribution in [0.2, 0.25) is 0 Å². The quantitative estimate of drug-likeness (QED) is 0.216. The van der Waals surface area contributed by atoms with E-state index in [9.17, 15) is 4.79 Å². The first-order valence-corrected chi connectivity index (χ1v) is 13.1. The van der Waals surface area contributed by atoms with Crippen molar-refractivity contribution >= 4 is 16.9 Å². The van der Waals surface area contributed by atoms with Crippen molar-refractivity contribution in [2.45, 2.75) is 64.8 Å². The molecule has 1 heterocycles. The van der Waals surface area contributed by atoms with E-state index in [2.05, 4.69) is 65.3 Å². The fourth-order valence-corrected chi connectivity index (χ4v) is 4.61. The molecule has 1 N–H and O–H groups in total. The van der Waals surface area contributed by atoms with Gasteiger partial charge in [-0.15, -0.1) is 0 Å². The molecule has 4 nitrogen and oxygen atoms in total. The summed E-state index contributed by atoms with van der Waals surface area (Å²) >= 11 is 0. The molecule has 3 aromatic carbocycles. The number of hydrogen-bond acceptors (Lipinski definition) is 2. The third-order valence-electron chi connectivity index (χ3n) is 6.54. The summed E-state index contributed by atoms with van der Waals surface area (Å²) in [6.07, 6.45) is 8.51. The Kier molecular flexibility index (Phi) is 9.11. The molecule has 4 aromatic rings. The molecule has 0 unspecified atom stereocenters. The molecule has 0 saturated carbocycles. The Bertz CT molecular complexity index is 1200. The SMILES string of the molecule is CCCCCCCn1c(CCCNC(=O)Cc2ccc(-c3ccccc3)cc2)nc2ccccc21. The molecule has 1 aromatic heterocycles. The number of para-hydroxylation sites is 2. The molecule has 0 fully saturated rings. The number of benzene rings is 3. The number of unbranched alkanes of at least 4 members (excludes halogenated alkanes) is 4. The molecule has 0 aliphatic heterocycles. The van der Waals surface area contributed by atoms with Gasteiger partial charge in [0.05, 0.1) is 17.5 Å². The van der Waals surface area contributed by atoms with Gasteiger partial charge in [0, 0.05) is 19.5 Å². The highest BCUT2D eigenvalue weighted by molar-refractivity contribution is 5.79. The van der Waals surface area contributed by atoms with Gasteiger partial charge < -0.3 is 9.88 Å². The van der Waals surface area contributed by atoms with E-state index in [1.807, 2.05) is 30.3 Å². The molecule has 0 spiro atoms. The van der Waals surface area contributed by atoms with Crippen LogP contribution in [0.15, 0.2) is 78.9 Å². The van der Waals surface area contributed by atoms with Gasteiger partial charge in [0.25, 0.3) is 0 Å². The molecule has 4 rings (SSSR count). The minimum absolute atomic E-state index is 0.0712. The van der Waals surface area contributed by atoms with E-state index in [-0.39, 0.29) is 5.91 Å². The van der Waals surface area contributed by atoms with Gasteiger partial charge in [0.2, 0.25) is 5.91 Å². The van der Waals surface area contributed by atoms with Crippen molar-refractivity contribution in [3.8, 4) is 11.1 Å². The molecule has 0 aliphatic carbocycles. The Hall–Kier alpha value is -3.40. The van der Waals surface area contributed by atoms with Crippen molar-refractivity contribution in [3.63, 3.8) is 0 Å². The van der Waals surface area contributed by atoms with E-state index in [1.165, 1.54) is 48.7 Å². The van der Waals surface area contributed by atoms with Gasteiger partial charge in [0.1, 0.15) is 5.82 Å². The van der Waals surface area contributed by atoms with E-state index < -0.39 is 0 Å². The number of carbonyl (C=O) groups is 1. The first-order chi connectivity index (χ1) is 17.2. The molecule has 0 atom stereocenters. The third kappa shape index (κ3) is 7.05. The van der Waals surface area contributed by atoms with E-state index in [0.29, 0.717) is 13.0 Å². The van der Waals surface area contributed by atoms with Crippen LogP contribution in [-0.4, -0.2) is 22.0 Å². The number of rotatable bonds is 13. The van der Waals surface area contributed by atoms with Crippen molar-refractivity contribution < 1.29 is 4.79 Å². The average molecular weight is 468 g/mol. The lowest BCUT2D eigenvalue weighted by atomic mass is 10.0. The fourth-order valence-electron chi connectivity index (χ4n) is 4.61. The summed E-state index contributed by atoms with van der Waals surface area (Å²) in [7, 11) is 0. The summed E-state index contributed by atoms with van der Waals surface area (Å²) in [5, 5.41) is 3.09. The van der Waals surface area contributed by atoms with Crippen molar-refractivity contribution in [3.05, 3.63) is 90.3 Å². The van der Waals surface area contributed by atoms with Crippen LogP contribution in [0.4, 0.5) is 0 Å². The minimum atomic E-state index is 0.0712. The number of aryl methyl sites for hydroxylation is 2. The minimum Gasteiger partial charge on any atom is -0.356 e. The van der Waals surface area contributed by atoms with Gasteiger partial charge in [-0.05, 0) is 41.7 Å². The molecular formula is C31H37N3O. The number of amides is 1. The summed E-state index contributed by atoms with van der Waals surface area (Å²) in [4.78, 5) is 17.4. The predicted molar refractivity (Wildman–Crippen MR) is 145 cm³/mol. The number of nitrogens with zero attached hydrogens (tertiary/aromatic N) is 2. The second-order valence-electron chi connectivity index (χ2n) is 9.28. The summed E-state index contributed by atoms with van der Waals surface area (Å²) in [5.74, 6) is 1.20. The van der Waals surface area contributed by atoms with E-state index in [1.54, 1.807) is 0 Å². The Balaban J connectivity index is 1.25. The lowest BCUT2D eigenvalue weighted by molar-refractivity contribution is -0.120. The highest BCUT2D eigenvalue weighted by atomic mass is 16.1. The Morgan fingerprint density at radius 3 is 2.31 bits per heavy atom. The standard InChI is InChI=1S/C31H37N3O/c1-2-3-4-5-11-23-34-29-16-10-9-15-28(29)33-30(34)17-12-22-32-31(35)24-25-18-20-27(21-19-25)26-13-7-6-8-14-26/h6-10,13-16,18-21H,2-5,11-12,17,22-24H2,1H3,(H,32,35). The van der Waals surface area contributed by atoms with E-state index in [4.69, 9.17) is 4.98 Å². The van der Waals surface area contributed by atoms with Crippen LogP contribution in [0.1, 0.15) is 56.8 Å². The van der Waals surface area contributed by atoms with Crippen LogP contribution in [0, 0.1) is 0 Å². The van der Waals surface area contributed by atoms with Gasteiger partial charge in [-0.1, -0.05) is 99.3 Å². The highest BCUT2D eigenvalue weighted by Gasteiger charge is 2.10. The molecule has 4 heteroatoms. The number of aromatic nitrogens is 2. The molecular weight excluding hydrogens is 430 g/mol. The number of nitrogens with one attached hydrogen (secondary N) is 1. The van der Waals surface area contributed by atoms with Gasteiger partial charge in [-0.25, -0.2) is 4.98 Å². The largest absolute Gasteiger partial charge is 0.356 e. The zero-order valence-corrected chi connectivity index (χ0v) is 20.9. The number of carbonyl (C=O) groups excluding carboxylic acids is 1. The van der Waals surface area contributed by atoms with Crippen LogP contribution < -0.4 is 5.32 Å². The average Bonchev–Trinajstić information content (AvgIpc) is 3.25. The second-order valence-corrected chi connectivity index (χ2v) is 9.28. The van der Waals surface area contributed by atoms with E-state index >= 15 is 0 Å². The number of hydrogen-bond donors (Lipinski definition) is 1. The Labute approximate surface area is 209 Å². The monoisotopic (exact) mass is 467 g/mol. The molecule has 35 heavy (non-hydrogen) atoms. The van der Waals surface area contributed by atoms with Gasteiger partial charge >= 0.3 is 0 Å². The van der Waals surface area contributed by atoms with Gasteiger partial charge in [-0.3, -0.25) is 4.79 Å². The van der Waals surface area contributed by atoms with E-state index in [0.717, 1.165) is 36.3 Å². The summed E-state index contributed by atoms with van der Waals surface area (Å²) < 4.78 is 2.39. The smallest absolute Gasteiger partial charge is 0.224 e. The fraction of sp³-hybridized carbons (Fsp3) is 0.355. The molecule has 0 saturated heterocycles. The van der Waals surface area contributed by atoms with Crippen LogP contribution in [0.25, 0.3) is 22.2 Å². The van der Waals surface area contributed by atoms with Crippen LogP contribution >= 0.6 is 0 Å². The second kappa shape index (κ2) is 12.9. The zero-order valence-electron chi connectivity index (χ0n) is 20.9. The molecule has 0 bridgehead atoms.